The van der Waals surface area contributed by atoms with Crippen molar-refractivity contribution < 1.29 is 2.85 Å². The fourth-order valence-corrected chi connectivity index (χ4v) is 0. The molecule has 0 aliphatic rings. The SMILES string of the molecule is CC(C)C(C)C.[H-].[H-].[Mg+2]. The summed E-state index contributed by atoms with van der Waals surface area (Å²) in [5, 5.41) is 0. The molecule has 0 rings (SSSR count). The van der Waals surface area contributed by atoms with E-state index >= 15 is 0 Å². The molecule has 0 heterocycles. The summed E-state index contributed by atoms with van der Waals surface area (Å²) in [6.45, 7) is 8.96. The Morgan fingerprint density at radius 3 is 1.00 bits per heavy atom. The van der Waals surface area contributed by atoms with Crippen molar-refractivity contribution in [1.29, 1.82) is 0 Å². The van der Waals surface area contributed by atoms with E-state index in [1.807, 2.05) is 0 Å². The standard InChI is InChI=1S/C6H14.Mg.2H/c1-5(2)6(3)4;;;/h5-6H,1-4H3;;;/q;+2;2*-1. The zero-order valence-corrected chi connectivity index (χ0v) is 7.28. The predicted octanol–water partition coefficient (Wildman–Crippen LogP) is 2.14. The number of rotatable bonds is 1. The van der Waals surface area contributed by atoms with Gasteiger partial charge in [0.2, 0.25) is 0 Å². The topological polar surface area (TPSA) is 0 Å². The number of hydrogen-bond acceptors (Lipinski definition) is 0. The van der Waals surface area contributed by atoms with Crippen molar-refractivity contribution in [2.75, 3.05) is 0 Å². The molecule has 0 saturated heterocycles. The molecule has 0 aromatic rings. The van der Waals surface area contributed by atoms with Crippen LogP contribution in [0.5, 0.6) is 0 Å². The fourth-order valence-electron chi connectivity index (χ4n) is 0. The van der Waals surface area contributed by atoms with Crippen LogP contribution in [0.3, 0.4) is 0 Å². The third kappa shape index (κ3) is 6.77. The Kier molecular flexibility index (Phi) is 7.51. The van der Waals surface area contributed by atoms with E-state index in [2.05, 4.69) is 27.7 Å². The normalized spacial score (nSPS) is 9.43. The van der Waals surface area contributed by atoms with E-state index in [4.69, 9.17) is 0 Å². The maximum Gasteiger partial charge on any atom is 2.00 e. The largest absolute Gasteiger partial charge is 2.00 e. The molecule has 0 amide bonds. The third-order valence-corrected chi connectivity index (χ3v) is 1.33. The maximum absolute atomic E-state index is 2.24. The van der Waals surface area contributed by atoms with Crippen LogP contribution in [0.4, 0.5) is 0 Å². The first kappa shape index (κ1) is 10.7. The van der Waals surface area contributed by atoms with E-state index in [9.17, 15) is 0 Å². The van der Waals surface area contributed by atoms with Gasteiger partial charge in [-0.1, -0.05) is 27.7 Å². The van der Waals surface area contributed by atoms with Gasteiger partial charge < -0.3 is 2.85 Å². The Balaban J connectivity index is -0.0000000417. The van der Waals surface area contributed by atoms with Gasteiger partial charge in [0, 0.05) is 0 Å². The van der Waals surface area contributed by atoms with E-state index in [0.717, 1.165) is 11.8 Å². The Morgan fingerprint density at radius 1 is 0.857 bits per heavy atom. The van der Waals surface area contributed by atoms with Gasteiger partial charge in [0.25, 0.3) is 0 Å². The molecular formula is C6H16Mg. The molecule has 0 nitrogen and oxygen atoms in total. The van der Waals surface area contributed by atoms with Crippen molar-refractivity contribution in [1.82, 2.24) is 0 Å². The molecule has 0 spiro atoms. The molecule has 0 radical (unpaired) electrons. The Morgan fingerprint density at radius 2 is 1.00 bits per heavy atom. The van der Waals surface area contributed by atoms with Gasteiger partial charge in [-0.2, -0.15) is 0 Å². The van der Waals surface area contributed by atoms with Crippen molar-refractivity contribution >= 4 is 23.1 Å². The van der Waals surface area contributed by atoms with Crippen molar-refractivity contribution in [3.8, 4) is 0 Å². The van der Waals surface area contributed by atoms with Crippen LogP contribution in [-0.2, 0) is 0 Å². The van der Waals surface area contributed by atoms with Crippen molar-refractivity contribution in [3.63, 3.8) is 0 Å². The minimum Gasteiger partial charge on any atom is -1.00 e. The predicted molar refractivity (Wildman–Crippen MR) is 37.7 cm³/mol. The zero-order valence-electron chi connectivity index (χ0n) is 7.86. The van der Waals surface area contributed by atoms with Crippen molar-refractivity contribution in [3.05, 3.63) is 0 Å². The third-order valence-electron chi connectivity index (χ3n) is 1.33. The average molecular weight is 112 g/mol. The Bertz CT molecular complexity index is 32.0. The molecule has 42 valence electrons. The second kappa shape index (κ2) is 4.91. The monoisotopic (exact) mass is 112 g/mol. The molecule has 0 saturated carbocycles. The molecule has 0 aliphatic heterocycles. The van der Waals surface area contributed by atoms with E-state index in [1.54, 1.807) is 0 Å². The first-order valence-corrected chi connectivity index (χ1v) is 2.64. The fraction of sp³-hybridized carbons (Fsp3) is 1.00. The molecule has 0 atom stereocenters. The molecule has 7 heavy (non-hydrogen) atoms. The molecule has 0 aromatic heterocycles. The molecule has 0 aliphatic carbocycles. The second-order valence-electron chi connectivity index (χ2n) is 2.49. The van der Waals surface area contributed by atoms with Crippen LogP contribution >= 0.6 is 0 Å². The van der Waals surface area contributed by atoms with Gasteiger partial charge in [-0.3, -0.25) is 0 Å². The van der Waals surface area contributed by atoms with Crippen molar-refractivity contribution in [2.24, 2.45) is 11.8 Å². The van der Waals surface area contributed by atoms with Crippen LogP contribution in [-0.4, -0.2) is 23.1 Å². The van der Waals surface area contributed by atoms with Crippen LogP contribution < -0.4 is 0 Å². The molecule has 0 N–H and O–H groups in total. The number of hydrogen-bond donors (Lipinski definition) is 0. The first-order valence-electron chi connectivity index (χ1n) is 2.64. The van der Waals surface area contributed by atoms with Crippen LogP contribution in [0.2, 0.25) is 0 Å². The van der Waals surface area contributed by atoms with Gasteiger partial charge in [0.1, 0.15) is 0 Å². The summed E-state index contributed by atoms with van der Waals surface area (Å²) >= 11 is 0. The van der Waals surface area contributed by atoms with E-state index in [-0.39, 0.29) is 25.9 Å². The summed E-state index contributed by atoms with van der Waals surface area (Å²) in [5.74, 6) is 1.70. The van der Waals surface area contributed by atoms with Gasteiger partial charge in [0.15, 0.2) is 0 Å². The molecule has 0 fully saturated rings. The van der Waals surface area contributed by atoms with Gasteiger partial charge in [-0.25, -0.2) is 0 Å². The summed E-state index contributed by atoms with van der Waals surface area (Å²) in [4.78, 5) is 0. The smallest absolute Gasteiger partial charge is 1.00 e. The average Bonchev–Trinajstić information content (AvgIpc) is 1.36. The minimum atomic E-state index is 0. The molecule has 0 unspecified atom stereocenters. The quantitative estimate of drug-likeness (QED) is 0.456. The van der Waals surface area contributed by atoms with Gasteiger partial charge in [0.05, 0.1) is 0 Å². The summed E-state index contributed by atoms with van der Waals surface area (Å²) in [6.07, 6.45) is 0. The Hall–Kier alpha value is 0.766. The van der Waals surface area contributed by atoms with E-state index < -0.39 is 0 Å². The van der Waals surface area contributed by atoms with Gasteiger partial charge in [-0.05, 0) is 11.8 Å². The Labute approximate surface area is 65.8 Å². The van der Waals surface area contributed by atoms with Crippen LogP contribution in [0, 0.1) is 11.8 Å². The van der Waals surface area contributed by atoms with Crippen LogP contribution in [0.1, 0.15) is 30.5 Å². The van der Waals surface area contributed by atoms with E-state index in [0.29, 0.717) is 0 Å². The summed E-state index contributed by atoms with van der Waals surface area (Å²) in [6, 6.07) is 0. The summed E-state index contributed by atoms with van der Waals surface area (Å²) < 4.78 is 0. The summed E-state index contributed by atoms with van der Waals surface area (Å²) in [7, 11) is 0. The molecule has 0 aromatic carbocycles. The molecule has 0 bridgehead atoms. The molecular weight excluding hydrogens is 96.4 g/mol. The molecule has 1 heteroatoms. The summed E-state index contributed by atoms with van der Waals surface area (Å²) in [5.41, 5.74) is 0. The first-order chi connectivity index (χ1) is 2.64. The van der Waals surface area contributed by atoms with Crippen molar-refractivity contribution in [2.45, 2.75) is 27.7 Å². The van der Waals surface area contributed by atoms with Crippen LogP contribution in [0.15, 0.2) is 0 Å². The second-order valence-corrected chi connectivity index (χ2v) is 2.49. The van der Waals surface area contributed by atoms with Gasteiger partial charge >= 0.3 is 23.1 Å². The van der Waals surface area contributed by atoms with Crippen LogP contribution in [0.25, 0.3) is 0 Å². The maximum atomic E-state index is 2.24. The van der Waals surface area contributed by atoms with E-state index in [1.165, 1.54) is 0 Å². The van der Waals surface area contributed by atoms with Gasteiger partial charge in [-0.15, -0.1) is 0 Å². The zero-order chi connectivity index (χ0) is 5.15. The minimum absolute atomic E-state index is 0.